The lowest BCUT2D eigenvalue weighted by Crippen LogP contribution is -2.38. The smallest absolute Gasteiger partial charge is 0.412 e. The van der Waals surface area contributed by atoms with E-state index < -0.39 is 23.9 Å². The van der Waals surface area contributed by atoms with Gasteiger partial charge in [0.2, 0.25) is 5.88 Å². The second kappa shape index (κ2) is 6.86. The molecular weight excluding hydrogens is 368 g/mol. The number of carbonyl (C=O) groups excluding carboxylic acids is 1. The van der Waals surface area contributed by atoms with Crippen molar-refractivity contribution in [3.05, 3.63) is 59.4 Å². The van der Waals surface area contributed by atoms with Crippen LogP contribution in [0.2, 0.25) is 0 Å². The Morgan fingerprint density at radius 2 is 1.93 bits per heavy atom. The van der Waals surface area contributed by atoms with Crippen molar-refractivity contribution in [1.29, 1.82) is 0 Å². The summed E-state index contributed by atoms with van der Waals surface area (Å²) >= 11 is 0. The van der Waals surface area contributed by atoms with Gasteiger partial charge in [0.05, 0.1) is 7.11 Å². The number of aromatic nitrogens is 3. The summed E-state index contributed by atoms with van der Waals surface area (Å²) in [4.78, 5) is 20.4. The van der Waals surface area contributed by atoms with Crippen molar-refractivity contribution in [2.24, 2.45) is 0 Å². The Labute approximate surface area is 150 Å². The quantitative estimate of drug-likeness (QED) is 0.704. The summed E-state index contributed by atoms with van der Waals surface area (Å²) in [5, 5.41) is 1.90. The second-order valence-corrected chi connectivity index (χ2v) is 5.73. The number of hydrogen-bond acceptors (Lipinski definition) is 4. The van der Waals surface area contributed by atoms with Gasteiger partial charge in [-0.25, -0.2) is 9.37 Å². The van der Waals surface area contributed by atoms with Gasteiger partial charge < -0.3 is 10.1 Å². The Bertz CT molecular complexity index is 983. The molecule has 10 heteroatoms. The molecule has 0 aliphatic heterocycles. The zero-order valence-corrected chi connectivity index (χ0v) is 14.2. The fourth-order valence-corrected chi connectivity index (χ4v) is 2.57. The molecule has 0 aliphatic carbocycles. The molecule has 0 radical (unpaired) electrons. The lowest BCUT2D eigenvalue weighted by molar-refractivity contribution is -0.155. The molecule has 1 aromatic carbocycles. The number of fused-ring (bicyclic) bond motifs is 1. The van der Waals surface area contributed by atoms with Crippen LogP contribution in [0.25, 0.3) is 5.65 Å². The number of nitrogens with one attached hydrogen (secondary N) is 1. The van der Waals surface area contributed by atoms with Gasteiger partial charge in [-0.2, -0.15) is 18.2 Å². The van der Waals surface area contributed by atoms with Gasteiger partial charge in [0.25, 0.3) is 5.91 Å². The Balaban J connectivity index is 1.98. The van der Waals surface area contributed by atoms with Crippen molar-refractivity contribution < 1.29 is 27.1 Å². The van der Waals surface area contributed by atoms with Crippen LogP contribution in [0.15, 0.2) is 36.7 Å². The average molecular weight is 382 g/mol. The van der Waals surface area contributed by atoms with Crippen LogP contribution >= 0.6 is 0 Å². The second-order valence-electron chi connectivity index (χ2n) is 5.73. The molecule has 6 nitrogen and oxygen atoms in total. The molecule has 0 spiro atoms. The minimum atomic E-state index is -4.79. The van der Waals surface area contributed by atoms with Crippen LogP contribution < -0.4 is 10.1 Å². The Kier molecular flexibility index (Phi) is 4.73. The SMILES string of the molecule is COc1cc(C)n2cnc(C(=O)NC(c3ccc(F)cc3)C(F)(F)F)c2n1. The van der Waals surface area contributed by atoms with E-state index in [4.69, 9.17) is 4.74 Å². The fourth-order valence-electron chi connectivity index (χ4n) is 2.57. The van der Waals surface area contributed by atoms with Crippen molar-refractivity contribution in [3.8, 4) is 5.88 Å². The first-order valence-corrected chi connectivity index (χ1v) is 7.72. The predicted octanol–water partition coefficient (Wildman–Crippen LogP) is 3.22. The highest BCUT2D eigenvalue weighted by molar-refractivity contribution is 5.98. The molecule has 1 unspecified atom stereocenters. The van der Waals surface area contributed by atoms with E-state index in [2.05, 4.69) is 9.97 Å². The third-order valence-electron chi connectivity index (χ3n) is 3.90. The molecule has 3 rings (SSSR count). The molecule has 2 heterocycles. The average Bonchev–Trinajstić information content (AvgIpc) is 3.04. The third kappa shape index (κ3) is 3.69. The minimum Gasteiger partial charge on any atom is -0.481 e. The van der Waals surface area contributed by atoms with Gasteiger partial charge in [0, 0.05) is 11.8 Å². The summed E-state index contributed by atoms with van der Waals surface area (Å²) in [5.74, 6) is -1.55. The van der Waals surface area contributed by atoms with Gasteiger partial charge in [0.15, 0.2) is 17.4 Å². The molecule has 0 aliphatic rings. The first-order chi connectivity index (χ1) is 12.7. The zero-order valence-electron chi connectivity index (χ0n) is 14.2. The molecule has 1 N–H and O–H groups in total. The zero-order chi connectivity index (χ0) is 19.8. The number of imidazole rings is 1. The van der Waals surface area contributed by atoms with Crippen molar-refractivity contribution in [3.63, 3.8) is 0 Å². The normalized spacial score (nSPS) is 12.8. The summed E-state index contributed by atoms with van der Waals surface area (Å²) in [6.45, 7) is 1.71. The number of carbonyl (C=O) groups is 1. The number of hydrogen-bond donors (Lipinski definition) is 1. The number of alkyl halides is 3. The van der Waals surface area contributed by atoms with E-state index in [0.717, 1.165) is 24.3 Å². The molecule has 142 valence electrons. The monoisotopic (exact) mass is 382 g/mol. The van der Waals surface area contributed by atoms with Gasteiger partial charge in [-0.1, -0.05) is 12.1 Å². The molecule has 0 saturated heterocycles. The summed E-state index contributed by atoms with van der Waals surface area (Å²) in [6, 6.07) is 2.97. The maximum Gasteiger partial charge on any atom is 0.412 e. The first kappa shape index (κ1) is 18.6. The number of halogens is 4. The number of nitrogens with zero attached hydrogens (tertiary/aromatic N) is 3. The standard InChI is InChI=1S/C17H14F4N4O2/c1-9-7-12(27-2)23-15-13(22-8-25(9)15)16(26)24-14(17(19,20)21)10-3-5-11(18)6-4-10/h3-8,14H,1-2H3,(H,24,26). The predicted molar refractivity (Wildman–Crippen MR) is 86.9 cm³/mol. The van der Waals surface area contributed by atoms with Crippen LogP contribution in [0, 0.1) is 12.7 Å². The maximum absolute atomic E-state index is 13.4. The number of amides is 1. The first-order valence-electron chi connectivity index (χ1n) is 7.72. The number of aryl methyl sites for hydroxylation is 1. The molecule has 0 bridgehead atoms. The van der Waals surface area contributed by atoms with E-state index >= 15 is 0 Å². The highest BCUT2D eigenvalue weighted by Crippen LogP contribution is 2.33. The van der Waals surface area contributed by atoms with E-state index in [0.29, 0.717) is 5.69 Å². The van der Waals surface area contributed by atoms with Crippen LogP contribution in [-0.4, -0.2) is 33.6 Å². The van der Waals surface area contributed by atoms with Crippen LogP contribution in [0.3, 0.4) is 0 Å². The molecule has 3 aromatic rings. The van der Waals surface area contributed by atoms with Gasteiger partial charge in [-0.05, 0) is 24.6 Å². The van der Waals surface area contributed by atoms with Gasteiger partial charge in [-0.15, -0.1) is 0 Å². The number of methoxy groups -OCH3 is 1. The summed E-state index contributed by atoms with van der Waals surface area (Å²) < 4.78 is 59.8. The van der Waals surface area contributed by atoms with Crippen LogP contribution in [0.1, 0.15) is 27.8 Å². The Hall–Kier alpha value is -3.17. The summed E-state index contributed by atoms with van der Waals surface area (Å²) in [7, 11) is 1.38. The van der Waals surface area contributed by atoms with Crippen molar-refractivity contribution in [2.45, 2.75) is 19.1 Å². The molecular formula is C17H14F4N4O2. The Morgan fingerprint density at radius 1 is 1.26 bits per heavy atom. The van der Waals surface area contributed by atoms with Crippen molar-refractivity contribution in [2.75, 3.05) is 7.11 Å². The molecule has 1 atom stereocenters. The lowest BCUT2D eigenvalue weighted by Gasteiger charge is -2.21. The highest BCUT2D eigenvalue weighted by Gasteiger charge is 2.42. The number of benzene rings is 1. The maximum atomic E-state index is 13.4. The van der Waals surface area contributed by atoms with Crippen molar-refractivity contribution in [1.82, 2.24) is 19.7 Å². The van der Waals surface area contributed by atoms with E-state index in [1.54, 1.807) is 13.0 Å². The van der Waals surface area contributed by atoms with E-state index in [1.165, 1.54) is 17.8 Å². The largest absolute Gasteiger partial charge is 0.481 e. The number of rotatable bonds is 4. The highest BCUT2D eigenvalue weighted by atomic mass is 19.4. The van der Waals surface area contributed by atoms with Gasteiger partial charge in [0.1, 0.15) is 12.1 Å². The minimum absolute atomic E-state index is 0.0596. The number of ether oxygens (including phenoxy) is 1. The lowest BCUT2D eigenvalue weighted by atomic mass is 10.1. The molecule has 2 aromatic heterocycles. The van der Waals surface area contributed by atoms with E-state index in [1.807, 2.05) is 5.32 Å². The van der Waals surface area contributed by atoms with E-state index in [9.17, 15) is 22.4 Å². The fraction of sp³-hybridized carbons (Fsp3) is 0.235. The van der Waals surface area contributed by atoms with Crippen LogP contribution in [0.4, 0.5) is 17.6 Å². The van der Waals surface area contributed by atoms with Crippen LogP contribution in [0.5, 0.6) is 5.88 Å². The molecule has 0 fully saturated rings. The van der Waals surface area contributed by atoms with Gasteiger partial charge in [-0.3, -0.25) is 9.20 Å². The van der Waals surface area contributed by atoms with Crippen LogP contribution in [-0.2, 0) is 0 Å². The van der Waals surface area contributed by atoms with Gasteiger partial charge >= 0.3 is 6.18 Å². The Morgan fingerprint density at radius 3 is 2.52 bits per heavy atom. The summed E-state index contributed by atoms with van der Waals surface area (Å²) in [6.07, 6.45) is -3.50. The molecule has 1 amide bonds. The molecule has 0 saturated carbocycles. The summed E-state index contributed by atoms with van der Waals surface area (Å²) in [5.41, 5.74) is 0.106. The topological polar surface area (TPSA) is 68.5 Å². The third-order valence-corrected chi connectivity index (χ3v) is 3.90. The van der Waals surface area contributed by atoms with Crippen molar-refractivity contribution >= 4 is 11.6 Å². The molecule has 27 heavy (non-hydrogen) atoms. The van der Waals surface area contributed by atoms with E-state index in [-0.39, 0.29) is 22.8 Å².